The van der Waals surface area contributed by atoms with Gasteiger partial charge in [-0.25, -0.2) is 4.79 Å². The summed E-state index contributed by atoms with van der Waals surface area (Å²) in [6, 6.07) is 12.5. The number of aliphatic carboxylic acids is 1. The van der Waals surface area contributed by atoms with E-state index in [1.807, 2.05) is 50.4 Å². The first-order valence-corrected chi connectivity index (χ1v) is 13.7. The number of amides is 2. The normalized spacial score (nSPS) is 15.3. The Morgan fingerprint density at radius 3 is 2.39 bits per heavy atom. The molecule has 1 saturated carbocycles. The van der Waals surface area contributed by atoms with E-state index >= 15 is 0 Å². The summed E-state index contributed by atoms with van der Waals surface area (Å²) < 4.78 is 0. The number of aryl methyl sites for hydroxylation is 1. The largest absolute Gasteiger partial charge is 1.00 e. The van der Waals surface area contributed by atoms with Crippen LogP contribution in [0.5, 0.6) is 0 Å². The van der Waals surface area contributed by atoms with E-state index in [-0.39, 0.29) is 36.7 Å². The Hall–Kier alpha value is -2.20. The van der Waals surface area contributed by atoms with Crippen LogP contribution in [0.25, 0.3) is 11.1 Å². The van der Waals surface area contributed by atoms with E-state index in [0.717, 1.165) is 42.4 Å². The van der Waals surface area contributed by atoms with Gasteiger partial charge in [0.25, 0.3) is 5.91 Å². The number of hydrogen-bond acceptors (Lipinski definition) is 4. The van der Waals surface area contributed by atoms with E-state index in [1.54, 1.807) is 12.1 Å². The minimum absolute atomic E-state index is 0. The van der Waals surface area contributed by atoms with Crippen LogP contribution in [-0.4, -0.2) is 47.0 Å². The molecule has 3 N–H and O–H groups in total. The number of thioether (sulfide) groups is 1. The molecule has 3 rings (SSSR count). The molecular formula is C28H36LiN2O4S+. The molecule has 1 aliphatic carbocycles. The summed E-state index contributed by atoms with van der Waals surface area (Å²) in [7, 11) is 0. The van der Waals surface area contributed by atoms with Crippen LogP contribution in [0.3, 0.4) is 0 Å². The van der Waals surface area contributed by atoms with Crippen LogP contribution in [0.4, 0.5) is 0 Å². The van der Waals surface area contributed by atoms with Gasteiger partial charge in [0.05, 0.1) is 5.92 Å². The van der Waals surface area contributed by atoms with Gasteiger partial charge in [-0.15, -0.1) is 0 Å². The first-order valence-electron chi connectivity index (χ1n) is 12.3. The summed E-state index contributed by atoms with van der Waals surface area (Å²) in [6.07, 6.45) is 7.81. The molecule has 2 atom stereocenters. The molecule has 2 unspecified atom stereocenters. The van der Waals surface area contributed by atoms with Gasteiger partial charge in [-0.05, 0) is 79.5 Å². The summed E-state index contributed by atoms with van der Waals surface area (Å²) in [5, 5.41) is 15.5. The summed E-state index contributed by atoms with van der Waals surface area (Å²) in [6.45, 7) is 3.86. The van der Waals surface area contributed by atoms with Crippen molar-refractivity contribution in [3.05, 3.63) is 59.2 Å². The van der Waals surface area contributed by atoms with Gasteiger partial charge < -0.3 is 15.7 Å². The average molecular weight is 504 g/mol. The minimum Gasteiger partial charge on any atom is -0.480 e. The zero-order valence-corrected chi connectivity index (χ0v) is 22.6. The molecule has 6 nitrogen and oxygen atoms in total. The van der Waals surface area contributed by atoms with Gasteiger partial charge in [0.2, 0.25) is 5.91 Å². The number of benzene rings is 2. The third-order valence-electron chi connectivity index (χ3n) is 6.78. The van der Waals surface area contributed by atoms with Gasteiger partial charge in [0.15, 0.2) is 0 Å². The van der Waals surface area contributed by atoms with E-state index in [2.05, 4.69) is 10.6 Å². The van der Waals surface area contributed by atoms with Crippen LogP contribution >= 0.6 is 11.8 Å². The first-order chi connectivity index (χ1) is 16.8. The Balaban J connectivity index is 0.00000456. The second kappa shape index (κ2) is 14.5. The first kappa shape index (κ1) is 30.0. The molecule has 0 aromatic heterocycles. The van der Waals surface area contributed by atoms with Crippen molar-refractivity contribution in [2.45, 2.75) is 70.4 Å². The Labute approximate surface area is 230 Å². The second-order valence-corrected chi connectivity index (χ2v) is 10.3. The van der Waals surface area contributed by atoms with Gasteiger partial charge in [-0.1, -0.05) is 49.6 Å². The van der Waals surface area contributed by atoms with Gasteiger partial charge in [0, 0.05) is 11.6 Å². The Bertz CT molecular complexity index is 1060. The fourth-order valence-electron chi connectivity index (χ4n) is 4.58. The van der Waals surface area contributed by atoms with Gasteiger partial charge in [-0.3, -0.25) is 9.59 Å². The number of nitrogens with one attached hydrogen (secondary N) is 2. The number of carboxylic acid groups (broad SMARTS) is 1. The molecular weight excluding hydrogens is 467 g/mol. The van der Waals surface area contributed by atoms with Crippen LogP contribution in [0.15, 0.2) is 42.5 Å². The van der Waals surface area contributed by atoms with Crippen LogP contribution < -0.4 is 29.5 Å². The van der Waals surface area contributed by atoms with Gasteiger partial charge in [0.1, 0.15) is 6.04 Å². The maximum absolute atomic E-state index is 13.2. The maximum atomic E-state index is 13.2. The van der Waals surface area contributed by atoms with Crippen molar-refractivity contribution in [3.8, 4) is 11.1 Å². The third kappa shape index (κ3) is 7.90. The standard InChI is InChI=1S/C28H36N2O4S.Li/c1-18-9-7-8-12-22(18)24-17-20(19(2)26(31)29-21-10-5-4-6-11-21)13-14-23(24)27(32)30-25(28(33)34)15-16-35-3;/h7-9,12-14,17,19,21,25H,4-6,10-11,15-16H2,1-3H3,(H,29,31)(H,30,32)(H,33,34);/q;+1. The second-order valence-electron chi connectivity index (χ2n) is 9.33. The average Bonchev–Trinajstić information content (AvgIpc) is 2.86. The van der Waals surface area contributed by atoms with Crippen molar-refractivity contribution in [1.82, 2.24) is 10.6 Å². The Kier molecular flexibility index (Phi) is 12.1. The smallest absolute Gasteiger partial charge is 0.480 e. The third-order valence-corrected chi connectivity index (χ3v) is 7.43. The van der Waals surface area contributed by atoms with Crippen molar-refractivity contribution in [1.29, 1.82) is 0 Å². The minimum atomic E-state index is -1.05. The molecule has 1 fully saturated rings. The van der Waals surface area contributed by atoms with Crippen LogP contribution in [0, 0.1) is 6.92 Å². The molecule has 0 spiro atoms. The number of carbonyl (C=O) groups is 3. The van der Waals surface area contributed by atoms with Crippen molar-refractivity contribution in [3.63, 3.8) is 0 Å². The fraction of sp³-hybridized carbons (Fsp3) is 0.464. The summed E-state index contributed by atoms with van der Waals surface area (Å²) >= 11 is 1.54. The maximum Gasteiger partial charge on any atom is 1.00 e. The van der Waals surface area contributed by atoms with E-state index < -0.39 is 17.9 Å². The van der Waals surface area contributed by atoms with Gasteiger partial charge >= 0.3 is 24.8 Å². The molecule has 0 radical (unpaired) electrons. The Morgan fingerprint density at radius 2 is 1.75 bits per heavy atom. The molecule has 1 aliphatic rings. The molecule has 0 aliphatic heterocycles. The zero-order chi connectivity index (χ0) is 25.4. The zero-order valence-electron chi connectivity index (χ0n) is 21.8. The summed E-state index contributed by atoms with van der Waals surface area (Å²) in [4.78, 5) is 37.9. The predicted octanol–water partition coefficient (Wildman–Crippen LogP) is 2.15. The molecule has 2 aromatic rings. The predicted molar refractivity (Wildman–Crippen MR) is 142 cm³/mol. The number of rotatable bonds is 10. The topological polar surface area (TPSA) is 95.5 Å². The Morgan fingerprint density at radius 1 is 1.06 bits per heavy atom. The molecule has 2 amide bonds. The van der Waals surface area contributed by atoms with E-state index in [1.165, 1.54) is 18.2 Å². The van der Waals surface area contributed by atoms with Crippen LogP contribution in [-0.2, 0) is 9.59 Å². The van der Waals surface area contributed by atoms with E-state index in [9.17, 15) is 19.5 Å². The summed E-state index contributed by atoms with van der Waals surface area (Å²) in [5.74, 6) is -1.22. The van der Waals surface area contributed by atoms with Crippen molar-refractivity contribution in [2.24, 2.45) is 0 Å². The molecule has 0 saturated heterocycles. The van der Waals surface area contributed by atoms with Crippen molar-refractivity contribution < 1.29 is 38.4 Å². The number of carboxylic acids is 1. The van der Waals surface area contributed by atoms with E-state index in [4.69, 9.17) is 0 Å². The molecule has 188 valence electrons. The monoisotopic (exact) mass is 503 g/mol. The quantitative estimate of drug-likeness (QED) is 0.432. The molecule has 0 bridgehead atoms. The van der Waals surface area contributed by atoms with Crippen molar-refractivity contribution in [2.75, 3.05) is 12.0 Å². The van der Waals surface area contributed by atoms with E-state index in [0.29, 0.717) is 23.3 Å². The van der Waals surface area contributed by atoms with Gasteiger partial charge in [-0.2, -0.15) is 11.8 Å². The molecule has 8 heteroatoms. The SMILES string of the molecule is CSCCC(NC(=O)c1ccc(C(C)C(=O)NC2CCCCC2)cc1-c1ccccc1C)C(=O)O.[Li+]. The summed E-state index contributed by atoms with van der Waals surface area (Å²) in [5.41, 5.74) is 3.80. The molecule has 0 heterocycles. The van der Waals surface area contributed by atoms with Crippen LogP contribution in [0.2, 0.25) is 0 Å². The molecule has 2 aromatic carbocycles. The van der Waals surface area contributed by atoms with Crippen LogP contribution in [0.1, 0.15) is 72.9 Å². The number of carbonyl (C=O) groups excluding carboxylic acids is 2. The van der Waals surface area contributed by atoms with Crippen molar-refractivity contribution >= 4 is 29.5 Å². The number of hydrogen-bond donors (Lipinski definition) is 3. The fourth-order valence-corrected chi connectivity index (χ4v) is 5.05. The molecule has 36 heavy (non-hydrogen) atoms.